The maximum absolute atomic E-state index is 12.1. The van der Waals surface area contributed by atoms with E-state index in [4.69, 9.17) is 4.74 Å². The summed E-state index contributed by atoms with van der Waals surface area (Å²) in [5.41, 5.74) is 2.68. The summed E-state index contributed by atoms with van der Waals surface area (Å²) in [6.07, 6.45) is 1.22. The van der Waals surface area contributed by atoms with Crippen LogP contribution in [0.4, 0.5) is 5.69 Å². The molecule has 5 heteroatoms. The van der Waals surface area contributed by atoms with E-state index in [0.29, 0.717) is 18.0 Å². The zero-order chi connectivity index (χ0) is 15.5. The Kier molecular flexibility index (Phi) is 4.53. The molecule has 0 radical (unpaired) electrons. The van der Waals surface area contributed by atoms with Crippen molar-refractivity contribution < 1.29 is 13.2 Å². The van der Waals surface area contributed by atoms with Crippen LogP contribution < -0.4 is 9.04 Å². The summed E-state index contributed by atoms with van der Waals surface area (Å²) in [4.78, 5) is 0. The monoisotopic (exact) mass is 305 g/mol. The van der Waals surface area contributed by atoms with Crippen LogP contribution >= 0.6 is 0 Å². The molecule has 0 aromatic heterocycles. The van der Waals surface area contributed by atoms with E-state index >= 15 is 0 Å². The molecule has 0 bridgehead atoms. The van der Waals surface area contributed by atoms with Crippen LogP contribution in [0.2, 0.25) is 0 Å². The highest BCUT2D eigenvalue weighted by molar-refractivity contribution is 7.92. The lowest BCUT2D eigenvalue weighted by atomic mass is 10.1. The Labute approximate surface area is 126 Å². The molecule has 0 heterocycles. The van der Waals surface area contributed by atoms with Crippen LogP contribution in [0.15, 0.2) is 48.5 Å². The number of nitrogens with zero attached hydrogens (tertiary/aromatic N) is 1. The van der Waals surface area contributed by atoms with Gasteiger partial charge in [-0.3, -0.25) is 4.31 Å². The van der Waals surface area contributed by atoms with Crippen LogP contribution in [0.1, 0.15) is 11.1 Å². The number of rotatable bonds is 5. The fourth-order valence-electron chi connectivity index (χ4n) is 2.09. The molecule has 0 saturated carbocycles. The van der Waals surface area contributed by atoms with Crippen molar-refractivity contribution in [1.82, 2.24) is 0 Å². The molecule has 0 atom stereocenters. The number of hydrogen-bond acceptors (Lipinski definition) is 3. The van der Waals surface area contributed by atoms with E-state index in [1.54, 1.807) is 31.4 Å². The maximum atomic E-state index is 12.1. The summed E-state index contributed by atoms with van der Waals surface area (Å²) in [5.74, 6) is 0.697. The highest BCUT2D eigenvalue weighted by Gasteiger charge is 2.18. The molecule has 0 fully saturated rings. The molecule has 0 aliphatic heterocycles. The van der Waals surface area contributed by atoms with Crippen molar-refractivity contribution in [3.8, 4) is 5.75 Å². The van der Waals surface area contributed by atoms with Gasteiger partial charge in [0, 0.05) is 0 Å². The minimum atomic E-state index is -3.36. The van der Waals surface area contributed by atoms with Gasteiger partial charge in [0.2, 0.25) is 10.0 Å². The second-order valence-electron chi connectivity index (χ2n) is 4.89. The van der Waals surface area contributed by atoms with Crippen molar-refractivity contribution in [3.05, 3.63) is 59.7 Å². The van der Waals surface area contributed by atoms with Crippen LogP contribution in [0.25, 0.3) is 0 Å². The minimum Gasteiger partial charge on any atom is -0.497 e. The summed E-state index contributed by atoms with van der Waals surface area (Å²) in [7, 11) is -1.78. The lowest BCUT2D eigenvalue weighted by molar-refractivity contribution is 0.415. The predicted molar refractivity (Wildman–Crippen MR) is 85.2 cm³/mol. The molecule has 0 aliphatic carbocycles. The van der Waals surface area contributed by atoms with Gasteiger partial charge in [0.05, 0.1) is 25.6 Å². The second kappa shape index (κ2) is 6.18. The molecular weight excluding hydrogens is 286 g/mol. The van der Waals surface area contributed by atoms with E-state index in [2.05, 4.69) is 0 Å². The van der Waals surface area contributed by atoms with Crippen LogP contribution in [0.5, 0.6) is 5.75 Å². The number of aryl methyl sites for hydroxylation is 1. The summed E-state index contributed by atoms with van der Waals surface area (Å²) >= 11 is 0. The Morgan fingerprint density at radius 2 is 1.67 bits per heavy atom. The Hall–Kier alpha value is -2.01. The minimum absolute atomic E-state index is 0.317. The molecule has 0 amide bonds. The van der Waals surface area contributed by atoms with E-state index < -0.39 is 10.0 Å². The first-order chi connectivity index (χ1) is 9.91. The average molecular weight is 305 g/mol. The van der Waals surface area contributed by atoms with Crippen LogP contribution in [-0.4, -0.2) is 21.8 Å². The van der Waals surface area contributed by atoms with Gasteiger partial charge in [-0.15, -0.1) is 0 Å². The number of methoxy groups -OCH3 is 1. The van der Waals surface area contributed by atoms with E-state index in [9.17, 15) is 8.42 Å². The van der Waals surface area contributed by atoms with Crippen molar-refractivity contribution in [3.63, 3.8) is 0 Å². The third-order valence-electron chi connectivity index (χ3n) is 3.34. The van der Waals surface area contributed by atoms with Crippen LogP contribution in [0, 0.1) is 6.92 Å². The third-order valence-corrected chi connectivity index (χ3v) is 4.48. The molecule has 21 heavy (non-hydrogen) atoms. The zero-order valence-corrected chi connectivity index (χ0v) is 13.2. The quantitative estimate of drug-likeness (QED) is 0.853. The van der Waals surface area contributed by atoms with Gasteiger partial charge < -0.3 is 4.74 Å². The molecular formula is C16H19NO3S. The maximum Gasteiger partial charge on any atom is 0.232 e. The third kappa shape index (κ3) is 3.76. The first-order valence-corrected chi connectivity index (χ1v) is 8.43. The topological polar surface area (TPSA) is 46.6 Å². The van der Waals surface area contributed by atoms with E-state index in [1.165, 1.54) is 10.6 Å². The van der Waals surface area contributed by atoms with Crippen molar-refractivity contribution >= 4 is 15.7 Å². The number of hydrogen-bond donors (Lipinski definition) is 0. The van der Waals surface area contributed by atoms with Gasteiger partial charge in [-0.2, -0.15) is 0 Å². The Balaban J connectivity index is 2.37. The van der Waals surface area contributed by atoms with Crippen molar-refractivity contribution in [2.24, 2.45) is 0 Å². The van der Waals surface area contributed by atoms with Crippen molar-refractivity contribution in [2.45, 2.75) is 13.5 Å². The summed E-state index contributed by atoms with van der Waals surface area (Å²) in [6, 6.07) is 14.8. The van der Waals surface area contributed by atoms with Crippen LogP contribution in [-0.2, 0) is 16.6 Å². The molecule has 2 aromatic rings. The smallest absolute Gasteiger partial charge is 0.232 e. The fourth-order valence-corrected chi connectivity index (χ4v) is 2.97. The summed E-state index contributed by atoms with van der Waals surface area (Å²) < 4.78 is 30.7. The van der Waals surface area contributed by atoms with E-state index in [0.717, 1.165) is 11.1 Å². The Morgan fingerprint density at radius 3 is 2.19 bits per heavy atom. The average Bonchev–Trinajstić information content (AvgIpc) is 2.45. The number of benzene rings is 2. The molecule has 0 spiro atoms. The molecule has 4 nitrogen and oxygen atoms in total. The summed E-state index contributed by atoms with van der Waals surface area (Å²) in [6.45, 7) is 2.29. The van der Waals surface area contributed by atoms with Gasteiger partial charge in [-0.1, -0.05) is 24.3 Å². The molecule has 112 valence electrons. The van der Waals surface area contributed by atoms with Gasteiger partial charge >= 0.3 is 0 Å². The number of ether oxygens (including phenoxy) is 1. The molecule has 0 unspecified atom stereocenters. The molecule has 2 rings (SSSR count). The van der Waals surface area contributed by atoms with Crippen molar-refractivity contribution in [1.29, 1.82) is 0 Å². The van der Waals surface area contributed by atoms with Crippen LogP contribution in [0.3, 0.4) is 0 Å². The zero-order valence-electron chi connectivity index (χ0n) is 12.4. The first kappa shape index (κ1) is 15.4. The standard InChI is InChI=1S/C16H19NO3S/c1-13-6-4-5-7-14(13)12-17(21(3,18)19)15-8-10-16(20-2)11-9-15/h4-11H,12H2,1-3H3. The van der Waals surface area contributed by atoms with Gasteiger partial charge in [0.25, 0.3) is 0 Å². The van der Waals surface area contributed by atoms with E-state index in [1.807, 2.05) is 31.2 Å². The lowest BCUT2D eigenvalue weighted by Crippen LogP contribution is -2.29. The van der Waals surface area contributed by atoms with E-state index in [-0.39, 0.29) is 0 Å². The molecule has 2 aromatic carbocycles. The van der Waals surface area contributed by atoms with Gasteiger partial charge in [0.15, 0.2) is 0 Å². The van der Waals surface area contributed by atoms with Gasteiger partial charge in [-0.25, -0.2) is 8.42 Å². The van der Waals surface area contributed by atoms with Gasteiger partial charge in [0.1, 0.15) is 5.75 Å². The first-order valence-electron chi connectivity index (χ1n) is 6.58. The highest BCUT2D eigenvalue weighted by Crippen LogP contribution is 2.24. The summed E-state index contributed by atoms with van der Waals surface area (Å²) in [5, 5.41) is 0. The fraction of sp³-hybridized carbons (Fsp3) is 0.250. The highest BCUT2D eigenvalue weighted by atomic mass is 32.2. The molecule has 0 N–H and O–H groups in total. The van der Waals surface area contributed by atoms with Gasteiger partial charge in [-0.05, 0) is 42.3 Å². The number of sulfonamides is 1. The Bertz CT molecular complexity index is 709. The lowest BCUT2D eigenvalue weighted by Gasteiger charge is -2.23. The van der Waals surface area contributed by atoms with Crippen molar-refractivity contribution in [2.75, 3.05) is 17.7 Å². The number of anilines is 1. The SMILES string of the molecule is COc1ccc(N(Cc2ccccc2C)S(C)(=O)=O)cc1. The Morgan fingerprint density at radius 1 is 1.05 bits per heavy atom. The molecule has 0 aliphatic rings. The predicted octanol–water partition coefficient (Wildman–Crippen LogP) is 2.97. The second-order valence-corrected chi connectivity index (χ2v) is 6.80. The largest absolute Gasteiger partial charge is 0.497 e. The normalized spacial score (nSPS) is 11.2. The molecule has 0 saturated heterocycles.